The molecule has 0 saturated carbocycles. The van der Waals surface area contributed by atoms with Crippen molar-refractivity contribution in [3.63, 3.8) is 0 Å². The van der Waals surface area contributed by atoms with Gasteiger partial charge in [0.15, 0.2) is 0 Å². The van der Waals surface area contributed by atoms with Crippen LogP contribution >= 0.6 is 23.4 Å². The largest absolute Gasteiger partial charge is 0.330 e. The summed E-state index contributed by atoms with van der Waals surface area (Å²) in [7, 11) is 0. The van der Waals surface area contributed by atoms with Gasteiger partial charge in [0.1, 0.15) is 6.54 Å². The highest BCUT2D eigenvalue weighted by Gasteiger charge is 2.29. The first-order valence-electron chi connectivity index (χ1n) is 6.63. The van der Waals surface area contributed by atoms with Gasteiger partial charge in [-0.3, -0.25) is 5.73 Å². The fourth-order valence-electron chi connectivity index (χ4n) is 2.12. The third-order valence-corrected chi connectivity index (χ3v) is 4.65. The quantitative estimate of drug-likeness (QED) is 0.695. The molecular weight excluding hydrogens is 302 g/mol. The summed E-state index contributed by atoms with van der Waals surface area (Å²) < 4.78 is 1.84. The van der Waals surface area contributed by atoms with E-state index < -0.39 is 0 Å². The van der Waals surface area contributed by atoms with E-state index in [0.717, 1.165) is 22.3 Å². The molecule has 2 aromatic carbocycles. The fraction of sp³-hybridized carbons (Fsp3) is 0.125. The van der Waals surface area contributed by atoms with Crippen molar-refractivity contribution in [2.75, 3.05) is 6.54 Å². The lowest BCUT2D eigenvalue weighted by molar-refractivity contribution is -0.527. The molecule has 2 aromatic rings. The van der Waals surface area contributed by atoms with Crippen LogP contribution in [0.4, 0.5) is 0 Å². The molecule has 0 unspecified atom stereocenters. The predicted molar refractivity (Wildman–Crippen MR) is 90.1 cm³/mol. The SMILES string of the molecule is NC1=[N+](/N=C/c2ccc(Cl)cc2)C[C@H](c2ccccc2)S1. The maximum absolute atomic E-state index is 6.07. The fourth-order valence-corrected chi connectivity index (χ4v) is 3.29. The summed E-state index contributed by atoms with van der Waals surface area (Å²) in [5.41, 5.74) is 8.34. The van der Waals surface area contributed by atoms with Gasteiger partial charge in [0.05, 0.1) is 11.5 Å². The van der Waals surface area contributed by atoms with Gasteiger partial charge in [0.2, 0.25) is 0 Å². The lowest BCUT2D eigenvalue weighted by Gasteiger charge is -2.04. The third-order valence-electron chi connectivity index (χ3n) is 3.24. The molecule has 106 valence electrons. The monoisotopic (exact) mass is 316 g/mol. The van der Waals surface area contributed by atoms with Crippen LogP contribution < -0.4 is 5.73 Å². The van der Waals surface area contributed by atoms with Gasteiger partial charge < -0.3 is 0 Å². The van der Waals surface area contributed by atoms with E-state index in [0.29, 0.717) is 5.25 Å². The van der Waals surface area contributed by atoms with E-state index in [1.807, 2.05) is 47.1 Å². The van der Waals surface area contributed by atoms with E-state index in [9.17, 15) is 0 Å². The minimum absolute atomic E-state index is 0.327. The molecule has 3 nitrogen and oxygen atoms in total. The molecule has 0 amide bonds. The van der Waals surface area contributed by atoms with Crippen molar-refractivity contribution in [3.8, 4) is 0 Å². The van der Waals surface area contributed by atoms with Crippen molar-refractivity contribution < 1.29 is 4.68 Å². The normalized spacial score (nSPS) is 18.6. The molecule has 0 aliphatic carbocycles. The van der Waals surface area contributed by atoms with Crippen LogP contribution in [0.15, 0.2) is 59.7 Å². The van der Waals surface area contributed by atoms with E-state index in [4.69, 9.17) is 17.3 Å². The van der Waals surface area contributed by atoms with E-state index >= 15 is 0 Å². The first-order chi connectivity index (χ1) is 10.2. The third kappa shape index (κ3) is 3.46. The van der Waals surface area contributed by atoms with Crippen LogP contribution in [0.3, 0.4) is 0 Å². The molecule has 0 aromatic heterocycles. The molecule has 21 heavy (non-hydrogen) atoms. The van der Waals surface area contributed by atoms with E-state index in [1.54, 1.807) is 18.0 Å². The van der Waals surface area contributed by atoms with Crippen LogP contribution in [0.5, 0.6) is 0 Å². The molecule has 1 heterocycles. The smallest absolute Gasteiger partial charge is 0.279 e. The van der Waals surface area contributed by atoms with Gasteiger partial charge >= 0.3 is 5.17 Å². The first-order valence-corrected chi connectivity index (χ1v) is 7.89. The predicted octanol–water partition coefficient (Wildman–Crippen LogP) is 3.49. The Morgan fingerprint density at radius 3 is 2.57 bits per heavy atom. The van der Waals surface area contributed by atoms with Gasteiger partial charge in [0.25, 0.3) is 0 Å². The summed E-state index contributed by atoms with van der Waals surface area (Å²) in [4.78, 5) is 0. The highest BCUT2D eigenvalue weighted by Crippen LogP contribution is 2.33. The zero-order chi connectivity index (χ0) is 14.7. The lowest BCUT2D eigenvalue weighted by atomic mass is 10.1. The summed E-state index contributed by atoms with van der Waals surface area (Å²) in [6, 6.07) is 17.9. The van der Waals surface area contributed by atoms with Crippen LogP contribution in [0.1, 0.15) is 16.4 Å². The van der Waals surface area contributed by atoms with Crippen molar-refractivity contribution in [3.05, 3.63) is 70.7 Å². The second kappa shape index (κ2) is 6.33. The maximum Gasteiger partial charge on any atom is 0.330 e. The molecule has 5 heteroatoms. The number of hydrogen-bond donors (Lipinski definition) is 1. The molecule has 0 spiro atoms. The van der Waals surface area contributed by atoms with E-state index in [-0.39, 0.29) is 0 Å². The Kier molecular flexibility index (Phi) is 4.27. The number of amidine groups is 1. The zero-order valence-corrected chi connectivity index (χ0v) is 12.9. The Balaban J connectivity index is 1.71. The summed E-state index contributed by atoms with van der Waals surface area (Å²) in [5.74, 6) is 0. The van der Waals surface area contributed by atoms with Crippen molar-refractivity contribution in [1.82, 2.24) is 0 Å². The number of thioether (sulfide) groups is 1. The average Bonchev–Trinajstić information content (AvgIpc) is 2.89. The summed E-state index contributed by atoms with van der Waals surface area (Å²) in [5, 5.41) is 6.24. The molecule has 0 bridgehead atoms. The molecular formula is C16H15ClN3S+. The molecule has 3 rings (SSSR count). The van der Waals surface area contributed by atoms with Crippen LogP contribution in [0.25, 0.3) is 0 Å². The zero-order valence-electron chi connectivity index (χ0n) is 11.3. The van der Waals surface area contributed by atoms with Crippen LogP contribution in [-0.4, -0.2) is 22.6 Å². The maximum atomic E-state index is 6.07. The Labute approximate surface area is 133 Å². The highest BCUT2D eigenvalue weighted by molar-refractivity contribution is 8.13. The van der Waals surface area contributed by atoms with E-state index in [1.165, 1.54) is 5.56 Å². The molecule has 1 atom stereocenters. The van der Waals surface area contributed by atoms with Gasteiger partial charge in [-0.15, -0.1) is 4.68 Å². The van der Waals surface area contributed by atoms with Crippen LogP contribution in [0.2, 0.25) is 5.02 Å². The number of hydrazone groups is 1. The number of halogens is 1. The van der Waals surface area contributed by atoms with Gasteiger partial charge in [-0.25, -0.2) is 0 Å². The lowest BCUT2D eigenvalue weighted by Crippen LogP contribution is -2.16. The van der Waals surface area contributed by atoms with E-state index in [2.05, 4.69) is 17.2 Å². The minimum Gasteiger partial charge on any atom is -0.279 e. The van der Waals surface area contributed by atoms with Gasteiger partial charge in [-0.1, -0.05) is 59.2 Å². The van der Waals surface area contributed by atoms with Crippen molar-refractivity contribution >= 4 is 34.7 Å². The van der Waals surface area contributed by atoms with Gasteiger partial charge in [-0.05, 0) is 35.0 Å². The minimum atomic E-state index is 0.327. The number of rotatable bonds is 3. The molecule has 2 N–H and O–H groups in total. The average molecular weight is 317 g/mol. The summed E-state index contributed by atoms with van der Waals surface area (Å²) in [6.45, 7) is 0.782. The Morgan fingerprint density at radius 2 is 1.86 bits per heavy atom. The summed E-state index contributed by atoms with van der Waals surface area (Å²) >= 11 is 7.52. The van der Waals surface area contributed by atoms with Crippen molar-refractivity contribution in [1.29, 1.82) is 0 Å². The van der Waals surface area contributed by atoms with Gasteiger partial charge in [0, 0.05) is 5.02 Å². The standard InChI is InChI=1S/C16H14ClN3S/c17-14-8-6-12(7-9-14)10-19-20-11-15(21-16(20)18)13-4-2-1-3-5-13/h1-10,15,18H,11H2/p+1/b19-10+/t15-/m1/s1. The first kappa shape index (κ1) is 14.2. The Bertz CT molecular complexity index is 680. The van der Waals surface area contributed by atoms with Gasteiger partial charge in [-0.2, -0.15) is 0 Å². The number of benzene rings is 2. The Morgan fingerprint density at radius 1 is 1.14 bits per heavy atom. The second-order valence-electron chi connectivity index (χ2n) is 4.73. The molecule has 0 fully saturated rings. The highest BCUT2D eigenvalue weighted by atomic mass is 35.5. The summed E-state index contributed by atoms with van der Waals surface area (Å²) in [6.07, 6.45) is 1.80. The molecule has 1 aliphatic heterocycles. The topological polar surface area (TPSA) is 41.4 Å². The molecule has 0 radical (unpaired) electrons. The van der Waals surface area contributed by atoms with Crippen LogP contribution in [-0.2, 0) is 0 Å². The van der Waals surface area contributed by atoms with Crippen molar-refractivity contribution in [2.45, 2.75) is 5.25 Å². The Hall–Kier alpha value is -1.78. The number of nitrogens with two attached hydrogens (primary N) is 1. The number of nitrogens with zero attached hydrogens (tertiary/aromatic N) is 2. The number of hydrogen-bond acceptors (Lipinski definition) is 3. The van der Waals surface area contributed by atoms with Crippen molar-refractivity contribution in [2.24, 2.45) is 10.8 Å². The molecule has 0 saturated heterocycles. The molecule has 1 aliphatic rings. The van der Waals surface area contributed by atoms with Crippen LogP contribution in [0, 0.1) is 0 Å². The second-order valence-corrected chi connectivity index (χ2v) is 6.39.